The Balaban J connectivity index is 1.34. The van der Waals surface area contributed by atoms with Crippen LogP contribution < -0.4 is 15.4 Å². The predicted octanol–water partition coefficient (Wildman–Crippen LogP) is 5.49. The third-order valence-electron chi connectivity index (χ3n) is 4.93. The third kappa shape index (κ3) is 5.96. The molecule has 170 valence electrons. The van der Waals surface area contributed by atoms with Gasteiger partial charge in [-0.1, -0.05) is 28.1 Å². The van der Waals surface area contributed by atoms with E-state index in [1.54, 1.807) is 23.0 Å². The van der Waals surface area contributed by atoms with Crippen LogP contribution in [0.5, 0.6) is 5.75 Å². The Hall–Kier alpha value is -3.24. The quantitative estimate of drug-likeness (QED) is 0.309. The molecule has 2 aromatic heterocycles. The molecule has 33 heavy (non-hydrogen) atoms. The van der Waals surface area contributed by atoms with E-state index in [1.165, 1.54) is 12.1 Å². The fourth-order valence-electron chi connectivity index (χ4n) is 3.24. The van der Waals surface area contributed by atoms with Gasteiger partial charge in [0.2, 0.25) is 0 Å². The number of thiocarbonyl (C=S) groups is 1. The van der Waals surface area contributed by atoms with Crippen LogP contribution >= 0.6 is 28.1 Å². The van der Waals surface area contributed by atoms with Crippen LogP contribution in [0, 0.1) is 19.7 Å². The van der Waals surface area contributed by atoms with Crippen molar-refractivity contribution in [2.24, 2.45) is 0 Å². The smallest absolute Gasteiger partial charge is 0.180 e. The maximum absolute atomic E-state index is 13.2. The van der Waals surface area contributed by atoms with Crippen molar-refractivity contribution >= 4 is 44.6 Å². The van der Waals surface area contributed by atoms with Crippen molar-refractivity contribution in [1.29, 1.82) is 0 Å². The number of aryl methyl sites for hydroxylation is 1. The SMILES string of the molecule is Cc1nn(Cc2ccc(F)cc2)c(C)c1NC(=S)Nc1cnn(COc2ccc(Br)cc2)c1. The van der Waals surface area contributed by atoms with Gasteiger partial charge in [-0.05, 0) is 68.0 Å². The minimum atomic E-state index is -0.255. The molecule has 0 spiro atoms. The number of aromatic nitrogens is 4. The fourth-order valence-corrected chi connectivity index (χ4v) is 3.72. The summed E-state index contributed by atoms with van der Waals surface area (Å²) in [6.45, 7) is 4.69. The molecule has 0 saturated carbocycles. The van der Waals surface area contributed by atoms with Crippen LogP contribution in [0.1, 0.15) is 17.0 Å². The van der Waals surface area contributed by atoms with E-state index >= 15 is 0 Å². The van der Waals surface area contributed by atoms with Gasteiger partial charge in [-0.3, -0.25) is 4.68 Å². The van der Waals surface area contributed by atoms with Crippen molar-refractivity contribution in [3.8, 4) is 5.75 Å². The monoisotopic (exact) mass is 528 g/mol. The van der Waals surface area contributed by atoms with Crippen LogP contribution in [-0.4, -0.2) is 24.7 Å². The molecule has 4 aromatic rings. The molecule has 0 unspecified atom stereocenters. The van der Waals surface area contributed by atoms with Gasteiger partial charge in [0.15, 0.2) is 11.8 Å². The normalized spacial score (nSPS) is 10.8. The zero-order valence-corrected chi connectivity index (χ0v) is 20.5. The second-order valence-corrected chi connectivity index (χ2v) is 8.73. The molecule has 4 rings (SSSR count). The maximum Gasteiger partial charge on any atom is 0.180 e. The number of ether oxygens (including phenoxy) is 1. The first kappa shape index (κ1) is 22.9. The minimum absolute atomic E-state index is 0.255. The average molecular weight is 529 g/mol. The van der Waals surface area contributed by atoms with Crippen molar-refractivity contribution in [2.75, 3.05) is 10.6 Å². The fraction of sp³-hybridized carbons (Fsp3) is 0.174. The number of halogens is 2. The van der Waals surface area contributed by atoms with E-state index in [1.807, 2.05) is 49.0 Å². The van der Waals surface area contributed by atoms with Gasteiger partial charge < -0.3 is 15.4 Å². The number of hydrogen-bond acceptors (Lipinski definition) is 4. The number of anilines is 2. The highest BCUT2D eigenvalue weighted by Crippen LogP contribution is 2.21. The molecule has 0 aliphatic carbocycles. The lowest BCUT2D eigenvalue weighted by Crippen LogP contribution is -2.19. The summed E-state index contributed by atoms with van der Waals surface area (Å²) in [4.78, 5) is 0. The molecule has 2 N–H and O–H groups in total. The highest BCUT2D eigenvalue weighted by molar-refractivity contribution is 9.10. The molecule has 7 nitrogen and oxygen atoms in total. The van der Waals surface area contributed by atoms with Gasteiger partial charge in [-0.15, -0.1) is 0 Å². The molecule has 0 saturated heterocycles. The van der Waals surface area contributed by atoms with Gasteiger partial charge in [0.25, 0.3) is 0 Å². The first-order chi connectivity index (χ1) is 15.9. The van der Waals surface area contributed by atoms with E-state index < -0.39 is 0 Å². The Morgan fingerprint density at radius 1 is 1.09 bits per heavy atom. The minimum Gasteiger partial charge on any atom is -0.471 e. The van der Waals surface area contributed by atoms with Gasteiger partial charge in [0.05, 0.1) is 41.7 Å². The van der Waals surface area contributed by atoms with Crippen molar-refractivity contribution in [1.82, 2.24) is 19.6 Å². The van der Waals surface area contributed by atoms with E-state index in [4.69, 9.17) is 17.0 Å². The number of hydrogen-bond donors (Lipinski definition) is 2. The van der Waals surface area contributed by atoms with Crippen molar-refractivity contribution < 1.29 is 9.13 Å². The summed E-state index contributed by atoms with van der Waals surface area (Å²) < 4.78 is 23.4. The molecular weight excluding hydrogens is 507 g/mol. The van der Waals surface area contributed by atoms with Gasteiger partial charge in [0, 0.05) is 4.47 Å². The maximum atomic E-state index is 13.2. The molecule has 10 heteroatoms. The van der Waals surface area contributed by atoms with Crippen LogP contribution in [-0.2, 0) is 13.3 Å². The summed E-state index contributed by atoms with van der Waals surface area (Å²) in [5.74, 6) is 0.498. The lowest BCUT2D eigenvalue weighted by molar-refractivity contribution is 0.221. The molecule has 0 fully saturated rings. The highest BCUT2D eigenvalue weighted by Gasteiger charge is 2.13. The number of benzene rings is 2. The molecule has 0 aliphatic heterocycles. The van der Waals surface area contributed by atoms with E-state index in [2.05, 4.69) is 36.8 Å². The molecule has 2 aromatic carbocycles. The summed E-state index contributed by atoms with van der Waals surface area (Å²) in [6.07, 6.45) is 3.49. The standard InChI is InChI=1S/C23H22BrFN6OS/c1-15-22(16(2)31(29-15)12-17-3-7-19(25)8-4-17)28-23(33)27-20-11-26-30(13-20)14-32-21-9-5-18(24)6-10-21/h3-11,13H,12,14H2,1-2H3,(H2,27,28,33). The average Bonchev–Trinajstić information content (AvgIpc) is 3.34. The summed E-state index contributed by atoms with van der Waals surface area (Å²) in [6, 6.07) is 14.0. The Labute approximate surface area is 204 Å². The van der Waals surface area contributed by atoms with Crippen LogP contribution in [0.2, 0.25) is 0 Å². The summed E-state index contributed by atoms with van der Waals surface area (Å²) >= 11 is 8.88. The van der Waals surface area contributed by atoms with Crippen molar-refractivity contribution in [3.63, 3.8) is 0 Å². The van der Waals surface area contributed by atoms with Crippen LogP contribution in [0.15, 0.2) is 65.4 Å². The first-order valence-electron chi connectivity index (χ1n) is 10.1. The summed E-state index contributed by atoms with van der Waals surface area (Å²) in [7, 11) is 0. The van der Waals surface area contributed by atoms with Crippen molar-refractivity contribution in [3.05, 3.63) is 88.2 Å². The van der Waals surface area contributed by atoms with E-state index in [0.717, 1.165) is 38.5 Å². The molecule has 0 aliphatic rings. The first-order valence-corrected chi connectivity index (χ1v) is 11.3. The number of nitrogens with one attached hydrogen (secondary N) is 2. The zero-order valence-electron chi connectivity index (χ0n) is 18.0. The lowest BCUT2D eigenvalue weighted by Gasteiger charge is -2.10. The largest absolute Gasteiger partial charge is 0.471 e. The number of rotatable bonds is 7. The molecule has 0 bridgehead atoms. The molecule has 0 atom stereocenters. The Kier molecular flexibility index (Phi) is 7.05. The third-order valence-corrected chi connectivity index (χ3v) is 5.67. The summed E-state index contributed by atoms with van der Waals surface area (Å²) in [5.41, 5.74) is 4.28. The van der Waals surface area contributed by atoms with E-state index in [0.29, 0.717) is 11.7 Å². The zero-order chi connectivity index (χ0) is 23.4. The van der Waals surface area contributed by atoms with Crippen LogP contribution in [0.4, 0.5) is 15.8 Å². The molecule has 0 radical (unpaired) electrons. The van der Waals surface area contributed by atoms with Gasteiger partial charge in [0.1, 0.15) is 11.6 Å². The van der Waals surface area contributed by atoms with Crippen LogP contribution in [0.25, 0.3) is 0 Å². The Bertz CT molecular complexity index is 1250. The summed E-state index contributed by atoms with van der Waals surface area (Å²) in [5, 5.41) is 15.7. The highest BCUT2D eigenvalue weighted by atomic mass is 79.9. The van der Waals surface area contributed by atoms with E-state index in [9.17, 15) is 4.39 Å². The Morgan fingerprint density at radius 2 is 1.82 bits per heavy atom. The van der Waals surface area contributed by atoms with Crippen LogP contribution in [0.3, 0.4) is 0 Å². The molecule has 2 heterocycles. The topological polar surface area (TPSA) is 68.9 Å². The second kappa shape index (κ2) is 10.1. The van der Waals surface area contributed by atoms with Gasteiger partial charge in [-0.25, -0.2) is 9.07 Å². The Morgan fingerprint density at radius 3 is 2.55 bits per heavy atom. The second-order valence-electron chi connectivity index (χ2n) is 7.40. The lowest BCUT2D eigenvalue weighted by atomic mass is 10.2. The predicted molar refractivity (Wildman–Crippen MR) is 134 cm³/mol. The van der Waals surface area contributed by atoms with Gasteiger partial charge >= 0.3 is 0 Å². The number of nitrogens with zero attached hydrogens (tertiary/aromatic N) is 4. The molecular formula is C23H22BrFN6OS. The molecule has 0 amide bonds. The van der Waals surface area contributed by atoms with Gasteiger partial charge in [-0.2, -0.15) is 10.2 Å². The van der Waals surface area contributed by atoms with Crippen molar-refractivity contribution in [2.45, 2.75) is 27.1 Å². The van der Waals surface area contributed by atoms with E-state index in [-0.39, 0.29) is 12.5 Å².